The van der Waals surface area contributed by atoms with Gasteiger partial charge in [0.15, 0.2) is 0 Å². The topological polar surface area (TPSA) is 66.7 Å². The predicted molar refractivity (Wildman–Crippen MR) is 149 cm³/mol. The van der Waals surface area contributed by atoms with Crippen molar-refractivity contribution >= 4 is 29.1 Å². The van der Waals surface area contributed by atoms with Gasteiger partial charge in [-0.1, -0.05) is 54.1 Å². The van der Waals surface area contributed by atoms with E-state index in [2.05, 4.69) is 36.4 Å². The van der Waals surface area contributed by atoms with Crippen LogP contribution < -0.4 is 9.75 Å². The van der Waals surface area contributed by atoms with Crippen molar-refractivity contribution in [1.29, 1.82) is 0 Å². The van der Waals surface area contributed by atoms with E-state index < -0.39 is 5.97 Å². The zero-order chi connectivity index (χ0) is 26.2. The first kappa shape index (κ1) is 24.0. The Morgan fingerprint density at radius 3 is 2.50 bits per heavy atom. The number of nitrogens with zero attached hydrogens (tertiary/aromatic N) is 4. The molecule has 0 radical (unpaired) electrons. The number of aliphatic imine (C=N–C) groups is 1. The van der Waals surface area contributed by atoms with E-state index in [1.807, 2.05) is 48.2 Å². The second kappa shape index (κ2) is 9.82. The lowest BCUT2D eigenvalue weighted by Gasteiger charge is -2.37. The third-order valence-corrected chi connectivity index (χ3v) is 7.26. The predicted octanol–water partition coefficient (Wildman–Crippen LogP) is 5.86. The summed E-state index contributed by atoms with van der Waals surface area (Å²) in [5.41, 5.74) is 7.57. The molecule has 3 aromatic rings. The Labute approximate surface area is 222 Å². The lowest BCUT2D eigenvalue weighted by Crippen LogP contribution is -2.46. The molecule has 192 valence electrons. The van der Waals surface area contributed by atoms with E-state index in [9.17, 15) is 4.79 Å². The molecular formula is C31H30N4O3. The molecule has 0 amide bonds. The van der Waals surface area contributed by atoms with Gasteiger partial charge in [0.2, 0.25) is 11.8 Å². The number of carbonyl (C=O) groups is 1. The second-order valence-corrected chi connectivity index (χ2v) is 9.63. The molecule has 7 heteroatoms. The Bertz CT molecular complexity index is 1470. The molecule has 1 aliphatic carbocycles. The van der Waals surface area contributed by atoms with Gasteiger partial charge in [-0.05, 0) is 74.1 Å². The van der Waals surface area contributed by atoms with Crippen LogP contribution >= 0.6 is 0 Å². The third kappa shape index (κ3) is 4.04. The summed E-state index contributed by atoms with van der Waals surface area (Å²) >= 11 is 0. The lowest BCUT2D eigenvalue weighted by atomic mass is 9.90. The number of aryl methyl sites for hydroxylation is 2. The van der Waals surface area contributed by atoms with E-state index in [1.54, 1.807) is 19.0 Å². The van der Waals surface area contributed by atoms with Crippen molar-refractivity contribution in [3.63, 3.8) is 0 Å². The van der Waals surface area contributed by atoms with Gasteiger partial charge in [-0.25, -0.2) is 9.79 Å². The number of methoxy groups -OCH3 is 1. The fourth-order valence-corrected chi connectivity index (χ4v) is 5.44. The Kier molecular flexibility index (Phi) is 6.19. The molecule has 7 nitrogen and oxygen atoms in total. The molecule has 3 aromatic carbocycles. The summed E-state index contributed by atoms with van der Waals surface area (Å²) in [6, 6.07) is 24.3. The number of hydrogen-bond donors (Lipinski definition) is 0. The molecule has 0 spiro atoms. The summed E-state index contributed by atoms with van der Waals surface area (Å²) in [6.07, 6.45) is 2.83. The van der Waals surface area contributed by atoms with Gasteiger partial charge in [-0.2, -0.15) is 5.01 Å². The van der Waals surface area contributed by atoms with Gasteiger partial charge >= 0.3 is 5.97 Å². The van der Waals surface area contributed by atoms with Crippen molar-refractivity contribution in [3.05, 3.63) is 101 Å². The molecule has 0 aromatic heterocycles. The molecule has 2 aliphatic heterocycles. The average Bonchev–Trinajstić information content (AvgIpc) is 3.22. The monoisotopic (exact) mass is 506 g/mol. The quantitative estimate of drug-likeness (QED) is 0.406. The van der Waals surface area contributed by atoms with Crippen molar-refractivity contribution in [1.82, 2.24) is 4.90 Å². The summed E-state index contributed by atoms with van der Waals surface area (Å²) in [5, 5.41) is 6.58. The van der Waals surface area contributed by atoms with Crippen LogP contribution in [0.5, 0.6) is 5.75 Å². The minimum Gasteiger partial charge on any atom is -0.497 e. The Hall–Kier alpha value is -4.39. The first-order chi connectivity index (χ1) is 18.6. The fraction of sp³-hybridized carbons (Fsp3) is 0.258. The molecule has 1 atom stereocenters. The standard InChI is InChI=1S/C31H30N4O3/c1-4-38-30(36)29-33-35(23-16-12-20(2)13-17-23)31-32-27-25-10-6-5-8-21(25)9-7-11-26(27)28(34(29)31)22-14-18-24(37-3)19-15-22/h5-6,8,10,12-19,28H,4,7,9,11H2,1-3H3. The fourth-order valence-electron chi connectivity index (χ4n) is 5.44. The maximum atomic E-state index is 13.3. The van der Waals surface area contributed by atoms with Crippen molar-refractivity contribution < 1.29 is 14.3 Å². The highest BCUT2D eigenvalue weighted by Crippen LogP contribution is 2.46. The van der Waals surface area contributed by atoms with Gasteiger partial charge < -0.3 is 9.47 Å². The summed E-state index contributed by atoms with van der Waals surface area (Å²) in [7, 11) is 1.66. The van der Waals surface area contributed by atoms with Gasteiger partial charge in [-0.15, -0.1) is 5.10 Å². The van der Waals surface area contributed by atoms with E-state index in [4.69, 9.17) is 19.6 Å². The van der Waals surface area contributed by atoms with Crippen LogP contribution in [-0.2, 0) is 16.0 Å². The number of guanidine groups is 1. The smallest absolute Gasteiger partial charge is 0.376 e. The normalized spacial score (nSPS) is 18.1. The van der Waals surface area contributed by atoms with E-state index >= 15 is 0 Å². The number of anilines is 1. The van der Waals surface area contributed by atoms with Crippen LogP contribution in [0.1, 0.15) is 48.1 Å². The highest BCUT2D eigenvalue weighted by Gasteiger charge is 2.46. The number of ether oxygens (including phenoxy) is 2. The molecule has 0 saturated carbocycles. The van der Waals surface area contributed by atoms with E-state index in [-0.39, 0.29) is 18.5 Å². The minimum absolute atomic E-state index is 0.232. The number of hydrogen-bond acceptors (Lipinski definition) is 7. The average molecular weight is 507 g/mol. The zero-order valence-corrected chi connectivity index (χ0v) is 21.8. The van der Waals surface area contributed by atoms with Crippen LogP contribution in [0.15, 0.2) is 88.5 Å². The number of rotatable bonds is 5. The minimum atomic E-state index is -0.466. The number of benzene rings is 3. The first-order valence-corrected chi connectivity index (χ1v) is 13.0. The van der Waals surface area contributed by atoms with Crippen LogP contribution in [0.4, 0.5) is 5.69 Å². The molecule has 6 rings (SSSR count). The number of fused-ring (bicyclic) bond motifs is 3. The van der Waals surface area contributed by atoms with E-state index in [0.29, 0.717) is 5.96 Å². The van der Waals surface area contributed by atoms with Crippen LogP contribution in [0.2, 0.25) is 0 Å². The molecule has 38 heavy (non-hydrogen) atoms. The molecule has 2 heterocycles. The Morgan fingerprint density at radius 1 is 1.00 bits per heavy atom. The summed E-state index contributed by atoms with van der Waals surface area (Å²) in [6.45, 7) is 4.11. The number of esters is 1. The molecule has 3 aliphatic rings. The van der Waals surface area contributed by atoms with Gasteiger partial charge in [0, 0.05) is 5.56 Å². The molecule has 0 N–H and O–H groups in total. The van der Waals surface area contributed by atoms with Crippen LogP contribution in [-0.4, -0.2) is 36.4 Å². The van der Waals surface area contributed by atoms with Crippen LogP contribution in [0.25, 0.3) is 5.70 Å². The Morgan fingerprint density at radius 2 is 1.76 bits per heavy atom. The van der Waals surface area contributed by atoms with Crippen molar-refractivity contribution in [3.8, 4) is 5.75 Å². The van der Waals surface area contributed by atoms with Gasteiger partial charge in [0.1, 0.15) is 5.75 Å². The maximum Gasteiger partial charge on any atom is 0.376 e. The molecule has 0 saturated heterocycles. The SMILES string of the molecule is CCOC(=O)C1=NN(c2ccc(C)cc2)C2=NC3=C(CCCc4ccccc43)C(c3ccc(OC)cc3)N12. The molecule has 1 unspecified atom stereocenters. The molecule has 0 fully saturated rings. The largest absolute Gasteiger partial charge is 0.497 e. The lowest BCUT2D eigenvalue weighted by molar-refractivity contribution is -0.135. The van der Waals surface area contributed by atoms with E-state index in [0.717, 1.165) is 53.1 Å². The van der Waals surface area contributed by atoms with Crippen molar-refractivity contribution in [2.24, 2.45) is 10.1 Å². The summed E-state index contributed by atoms with van der Waals surface area (Å²) in [5.74, 6) is 1.14. The maximum absolute atomic E-state index is 13.3. The van der Waals surface area contributed by atoms with Crippen LogP contribution in [0.3, 0.4) is 0 Å². The summed E-state index contributed by atoms with van der Waals surface area (Å²) in [4.78, 5) is 20.5. The van der Waals surface area contributed by atoms with Crippen molar-refractivity contribution in [2.45, 2.75) is 39.2 Å². The molecule has 0 bridgehead atoms. The van der Waals surface area contributed by atoms with Gasteiger partial charge in [-0.3, -0.25) is 4.90 Å². The number of carbonyl (C=O) groups excluding carboxylic acids is 1. The zero-order valence-electron chi connectivity index (χ0n) is 21.8. The van der Waals surface area contributed by atoms with E-state index in [1.165, 1.54) is 11.1 Å². The highest BCUT2D eigenvalue weighted by atomic mass is 16.5. The van der Waals surface area contributed by atoms with Gasteiger partial charge in [0.05, 0.1) is 31.1 Å². The highest BCUT2D eigenvalue weighted by molar-refractivity contribution is 6.41. The Balaban J connectivity index is 1.59. The first-order valence-electron chi connectivity index (χ1n) is 13.0. The van der Waals surface area contributed by atoms with Gasteiger partial charge in [0.25, 0.3) is 0 Å². The van der Waals surface area contributed by atoms with Crippen LogP contribution in [0, 0.1) is 6.92 Å². The number of hydrazone groups is 1. The number of amidine groups is 1. The summed E-state index contributed by atoms with van der Waals surface area (Å²) < 4.78 is 10.9. The molecular weight excluding hydrogens is 476 g/mol. The third-order valence-electron chi connectivity index (χ3n) is 7.26. The second-order valence-electron chi connectivity index (χ2n) is 9.63. The van der Waals surface area contributed by atoms with Crippen molar-refractivity contribution in [2.75, 3.05) is 18.7 Å².